The second kappa shape index (κ2) is 8.42. The Balaban J connectivity index is 1.87. The number of anilines is 3. The van der Waals surface area contributed by atoms with Crippen LogP contribution in [0.3, 0.4) is 0 Å². The number of methoxy groups -OCH3 is 2. The molecule has 1 aliphatic rings. The molecule has 0 radical (unpaired) electrons. The quantitative estimate of drug-likeness (QED) is 0.756. The van der Waals surface area contributed by atoms with Crippen molar-refractivity contribution in [3.8, 4) is 11.5 Å². The van der Waals surface area contributed by atoms with E-state index >= 15 is 0 Å². The number of aryl methyl sites for hydroxylation is 1. The Morgan fingerprint density at radius 2 is 1.89 bits per heavy atom. The van der Waals surface area contributed by atoms with Gasteiger partial charge in [-0.2, -0.15) is 0 Å². The molecule has 0 spiro atoms. The van der Waals surface area contributed by atoms with E-state index in [-0.39, 0.29) is 5.91 Å². The van der Waals surface area contributed by atoms with Crippen molar-refractivity contribution in [2.24, 2.45) is 0 Å². The molecule has 0 bridgehead atoms. The first-order valence-corrected chi connectivity index (χ1v) is 9.64. The highest BCUT2D eigenvalue weighted by Gasteiger charge is 2.21. The molecule has 150 valence electrons. The Morgan fingerprint density at radius 3 is 2.57 bits per heavy atom. The average molecular weight is 383 g/mol. The van der Waals surface area contributed by atoms with Crippen LogP contribution in [0.5, 0.6) is 11.5 Å². The molecule has 1 atom stereocenters. The molecule has 3 N–H and O–H groups in total. The largest absolute Gasteiger partial charge is 0.493 e. The minimum Gasteiger partial charge on any atom is -0.493 e. The normalized spacial score (nSPS) is 16.6. The lowest BCUT2D eigenvalue weighted by Crippen LogP contribution is -2.37. The Morgan fingerprint density at radius 1 is 1.14 bits per heavy atom. The minimum absolute atomic E-state index is 0.242. The van der Waals surface area contributed by atoms with Gasteiger partial charge in [-0.1, -0.05) is 0 Å². The van der Waals surface area contributed by atoms with E-state index in [2.05, 4.69) is 24.1 Å². The minimum atomic E-state index is -0.242. The van der Waals surface area contributed by atoms with Crippen LogP contribution in [-0.4, -0.2) is 32.7 Å². The zero-order valence-corrected chi connectivity index (χ0v) is 17.0. The summed E-state index contributed by atoms with van der Waals surface area (Å²) in [4.78, 5) is 15.2. The van der Waals surface area contributed by atoms with Gasteiger partial charge in [-0.3, -0.25) is 4.79 Å². The first kappa shape index (κ1) is 19.9. The number of rotatable bonds is 5. The zero-order valence-electron chi connectivity index (χ0n) is 17.0. The maximum Gasteiger partial charge on any atom is 0.255 e. The van der Waals surface area contributed by atoms with E-state index in [0.717, 1.165) is 17.8 Å². The van der Waals surface area contributed by atoms with Crippen LogP contribution in [0, 0.1) is 6.92 Å². The lowest BCUT2D eigenvalue weighted by molar-refractivity contribution is 0.102. The predicted octanol–water partition coefficient (Wildman–Crippen LogP) is 4.23. The van der Waals surface area contributed by atoms with E-state index in [1.807, 2.05) is 12.1 Å². The van der Waals surface area contributed by atoms with Crippen LogP contribution in [-0.2, 0) is 0 Å². The van der Waals surface area contributed by atoms with Crippen molar-refractivity contribution in [2.75, 3.05) is 36.7 Å². The number of benzene rings is 2. The molecule has 0 saturated carbocycles. The predicted molar refractivity (Wildman–Crippen MR) is 114 cm³/mol. The number of nitrogen functional groups attached to an aromatic ring is 1. The summed E-state index contributed by atoms with van der Waals surface area (Å²) in [5.41, 5.74) is 10.1. The van der Waals surface area contributed by atoms with Gasteiger partial charge in [0.05, 0.1) is 25.6 Å². The standard InChI is InChI=1S/C22H29N3O3/c1-14-11-17(23)18(13-19(14)25-10-6-5-7-15(25)2)24-22(26)16-8-9-20(27-3)21(12-16)28-4/h8-9,11-13,15H,5-7,10,23H2,1-4H3,(H,24,26). The third-order valence-electron chi connectivity index (χ3n) is 5.37. The number of carbonyl (C=O) groups is 1. The van der Waals surface area contributed by atoms with E-state index in [1.165, 1.54) is 19.3 Å². The monoisotopic (exact) mass is 383 g/mol. The highest BCUT2D eigenvalue weighted by molar-refractivity contribution is 6.06. The zero-order chi connectivity index (χ0) is 20.3. The van der Waals surface area contributed by atoms with Gasteiger partial charge in [-0.15, -0.1) is 0 Å². The van der Waals surface area contributed by atoms with E-state index in [4.69, 9.17) is 15.2 Å². The summed E-state index contributed by atoms with van der Waals surface area (Å²) >= 11 is 0. The van der Waals surface area contributed by atoms with Crippen LogP contribution in [0.1, 0.15) is 42.1 Å². The molecule has 1 saturated heterocycles. The Bertz CT molecular complexity index is 866. The van der Waals surface area contributed by atoms with Crippen LogP contribution < -0.4 is 25.4 Å². The second-order valence-corrected chi connectivity index (χ2v) is 7.29. The number of hydrogen-bond donors (Lipinski definition) is 2. The fraction of sp³-hybridized carbons (Fsp3) is 0.409. The molecule has 2 aromatic carbocycles. The van der Waals surface area contributed by atoms with Gasteiger partial charge in [0, 0.05) is 23.8 Å². The summed E-state index contributed by atoms with van der Waals surface area (Å²) in [6.45, 7) is 5.33. The molecule has 1 fully saturated rings. The van der Waals surface area contributed by atoms with Crippen molar-refractivity contribution in [3.63, 3.8) is 0 Å². The van der Waals surface area contributed by atoms with Gasteiger partial charge in [0.1, 0.15) is 0 Å². The first-order valence-electron chi connectivity index (χ1n) is 9.64. The van der Waals surface area contributed by atoms with Crippen LogP contribution in [0.25, 0.3) is 0 Å². The highest BCUT2D eigenvalue weighted by Crippen LogP contribution is 2.34. The van der Waals surface area contributed by atoms with Crippen LogP contribution in [0.4, 0.5) is 17.1 Å². The number of nitrogens with zero attached hydrogens (tertiary/aromatic N) is 1. The topological polar surface area (TPSA) is 76.8 Å². The third-order valence-corrected chi connectivity index (χ3v) is 5.37. The number of nitrogens with two attached hydrogens (primary N) is 1. The molecular formula is C22H29N3O3. The van der Waals surface area contributed by atoms with Crippen LogP contribution in [0.2, 0.25) is 0 Å². The number of carbonyl (C=O) groups excluding carboxylic acids is 1. The Labute approximate surface area is 166 Å². The summed E-state index contributed by atoms with van der Waals surface area (Å²) in [6, 6.07) is 9.48. The van der Waals surface area contributed by atoms with Crippen molar-refractivity contribution in [2.45, 2.75) is 39.2 Å². The smallest absolute Gasteiger partial charge is 0.255 e. The molecule has 1 aliphatic heterocycles. The molecule has 28 heavy (non-hydrogen) atoms. The van der Waals surface area contributed by atoms with Gasteiger partial charge in [0.2, 0.25) is 0 Å². The summed E-state index contributed by atoms with van der Waals surface area (Å²) in [6.07, 6.45) is 3.62. The number of piperidine rings is 1. The molecule has 1 heterocycles. The van der Waals surface area contributed by atoms with Crippen LogP contribution in [0.15, 0.2) is 30.3 Å². The van der Waals surface area contributed by atoms with Crippen molar-refractivity contribution in [1.29, 1.82) is 0 Å². The van der Waals surface area contributed by atoms with Crippen molar-refractivity contribution >= 4 is 23.0 Å². The van der Waals surface area contributed by atoms with Gasteiger partial charge in [0.15, 0.2) is 11.5 Å². The number of nitrogens with one attached hydrogen (secondary N) is 1. The van der Waals surface area contributed by atoms with E-state index in [1.54, 1.807) is 32.4 Å². The van der Waals surface area contributed by atoms with Crippen molar-refractivity contribution in [1.82, 2.24) is 0 Å². The number of hydrogen-bond acceptors (Lipinski definition) is 5. The number of ether oxygens (including phenoxy) is 2. The van der Waals surface area contributed by atoms with Gasteiger partial charge in [0.25, 0.3) is 5.91 Å². The molecule has 1 unspecified atom stereocenters. The molecule has 2 aromatic rings. The summed E-state index contributed by atoms with van der Waals surface area (Å²) in [7, 11) is 3.11. The van der Waals surface area contributed by atoms with Gasteiger partial charge in [-0.05, 0) is 69.0 Å². The van der Waals surface area contributed by atoms with Crippen molar-refractivity contribution < 1.29 is 14.3 Å². The first-order chi connectivity index (χ1) is 13.4. The van der Waals surface area contributed by atoms with E-state index in [0.29, 0.717) is 34.5 Å². The summed E-state index contributed by atoms with van der Waals surface area (Å²) < 4.78 is 10.5. The molecular weight excluding hydrogens is 354 g/mol. The fourth-order valence-corrected chi connectivity index (χ4v) is 3.76. The average Bonchev–Trinajstić information content (AvgIpc) is 2.70. The van der Waals surface area contributed by atoms with Crippen LogP contribution >= 0.6 is 0 Å². The Hall–Kier alpha value is -2.89. The highest BCUT2D eigenvalue weighted by atomic mass is 16.5. The summed E-state index contributed by atoms with van der Waals surface area (Å²) in [5, 5.41) is 2.95. The molecule has 1 amide bonds. The molecule has 6 nitrogen and oxygen atoms in total. The summed E-state index contributed by atoms with van der Waals surface area (Å²) in [5.74, 6) is 0.847. The SMILES string of the molecule is COc1ccc(C(=O)Nc2cc(N3CCCCC3C)c(C)cc2N)cc1OC. The Kier molecular flexibility index (Phi) is 5.97. The maximum atomic E-state index is 12.8. The third kappa shape index (κ3) is 4.01. The van der Waals surface area contributed by atoms with Crippen molar-refractivity contribution in [3.05, 3.63) is 41.5 Å². The maximum absolute atomic E-state index is 12.8. The van der Waals surface area contributed by atoms with Gasteiger partial charge >= 0.3 is 0 Å². The lowest BCUT2D eigenvalue weighted by Gasteiger charge is -2.36. The van der Waals surface area contributed by atoms with Gasteiger partial charge in [-0.25, -0.2) is 0 Å². The number of amides is 1. The fourth-order valence-electron chi connectivity index (χ4n) is 3.76. The van der Waals surface area contributed by atoms with Gasteiger partial charge < -0.3 is 25.4 Å². The second-order valence-electron chi connectivity index (χ2n) is 7.29. The van der Waals surface area contributed by atoms with E-state index in [9.17, 15) is 4.79 Å². The van der Waals surface area contributed by atoms with E-state index < -0.39 is 0 Å². The lowest BCUT2D eigenvalue weighted by atomic mass is 10.0. The molecule has 0 aromatic heterocycles. The molecule has 6 heteroatoms. The molecule has 3 rings (SSSR count). The molecule has 0 aliphatic carbocycles.